The summed E-state index contributed by atoms with van der Waals surface area (Å²) in [6, 6.07) is 10.0. The molecule has 0 spiro atoms. The summed E-state index contributed by atoms with van der Waals surface area (Å²) in [4.78, 5) is 4.91. The van der Waals surface area contributed by atoms with E-state index < -0.39 is 0 Å². The number of fused-ring (bicyclic) bond motifs is 1. The Kier molecular flexibility index (Phi) is 9.24. The van der Waals surface area contributed by atoms with Gasteiger partial charge < -0.3 is 9.59 Å². The lowest BCUT2D eigenvalue weighted by Crippen LogP contribution is -2.52. The maximum Gasteiger partial charge on any atom is 0.138 e. The number of quaternary nitrogens is 1. The van der Waals surface area contributed by atoms with E-state index in [2.05, 4.69) is 33.8 Å². The van der Waals surface area contributed by atoms with Gasteiger partial charge in [0, 0.05) is 5.39 Å². The first-order chi connectivity index (χ1) is 13.6. The van der Waals surface area contributed by atoms with Crippen LogP contribution in [0.4, 0.5) is 0 Å². The van der Waals surface area contributed by atoms with Crippen molar-refractivity contribution < 1.29 is 9.59 Å². The van der Waals surface area contributed by atoms with Gasteiger partial charge in [-0.1, -0.05) is 65.2 Å². The van der Waals surface area contributed by atoms with E-state index >= 15 is 0 Å². The summed E-state index contributed by atoms with van der Waals surface area (Å²) >= 11 is 0. The second kappa shape index (κ2) is 11.4. The molecule has 0 aliphatic heterocycles. The van der Waals surface area contributed by atoms with E-state index in [1.165, 1.54) is 62.6 Å². The SMILES string of the molecule is CCCC[N+](CCCC)(CCCC)CC(CC)c1nc2ccccc2cc1O. The van der Waals surface area contributed by atoms with Gasteiger partial charge in [0.05, 0.1) is 43.3 Å². The molecule has 1 aromatic carbocycles. The summed E-state index contributed by atoms with van der Waals surface area (Å²) in [5.41, 5.74) is 1.88. The maximum absolute atomic E-state index is 10.8. The van der Waals surface area contributed by atoms with E-state index in [9.17, 15) is 5.11 Å². The first-order valence-electron chi connectivity index (χ1n) is 11.5. The zero-order valence-electron chi connectivity index (χ0n) is 18.6. The topological polar surface area (TPSA) is 33.1 Å². The Balaban J connectivity index is 2.36. The Bertz CT molecular complexity index is 691. The van der Waals surface area contributed by atoms with Crippen LogP contribution in [0.5, 0.6) is 5.75 Å². The van der Waals surface area contributed by atoms with Crippen LogP contribution in [0.1, 0.15) is 84.3 Å². The molecular weight excluding hydrogens is 344 g/mol. The average molecular weight is 386 g/mol. The van der Waals surface area contributed by atoms with Crippen LogP contribution in [0.15, 0.2) is 30.3 Å². The Morgan fingerprint density at radius 2 is 1.46 bits per heavy atom. The van der Waals surface area contributed by atoms with Crippen molar-refractivity contribution in [2.75, 3.05) is 26.2 Å². The summed E-state index contributed by atoms with van der Waals surface area (Å²) in [5, 5.41) is 11.8. The lowest BCUT2D eigenvalue weighted by Gasteiger charge is -2.41. The zero-order valence-corrected chi connectivity index (χ0v) is 18.6. The number of hydrogen-bond acceptors (Lipinski definition) is 2. The van der Waals surface area contributed by atoms with Crippen LogP contribution in [0, 0.1) is 0 Å². The van der Waals surface area contributed by atoms with Crippen molar-refractivity contribution in [3.8, 4) is 5.75 Å². The summed E-state index contributed by atoms with van der Waals surface area (Å²) in [6.07, 6.45) is 8.59. The molecule has 28 heavy (non-hydrogen) atoms. The molecule has 1 N–H and O–H groups in total. The van der Waals surface area contributed by atoms with Gasteiger partial charge in [-0.05, 0) is 37.8 Å². The highest BCUT2D eigenvalue weighted by molar-refractivity contribution is 5.80. The van der Waals surface area contributed by atoms with Crippen molar-refractivity contribution in [2.24, 2.45) is 0 Å². The van der Waals surface area contributed by atoms with Gasteiger partial charge in [-0.3, -0.25) is 0 Å². The van der Waals surface area contributed by atoms with Gasteiger partial charge in [0.2, 0.25) is 0 Å². The van der Waals surface area contributed by atoms with E-state index in [1.54, 1.807) is 0 Å². The van der Waals surface area contributed by atoms with Crippen LogP contribution in [0.3, 0.4) is 0 Å². The van der Waals surface area contributed by atoms with Gasteiger partial charge >= 0.3 is 0 Å². The van der Waals surface area contributed by atoms with Crippen LogP contribution in [-0.2, 0) is 0 Å². The van der Waals surface area contributed by atoms with Crippen molar-refractivity contribution >= 4 is 10.9 Å². The summed E-state index contributed by atoms with van der Waals surface area (Å²) in [7, 11) is 0. The maximum atomic E-state index is 10.8. The van der Waals surface area contributed by atoms with Crippen molar-refractivity contribution in [1.29, 1.82) is 0 Å². The van der Waals surface area contributed by atoms with E-state index in [0.29, 0.717) is 11.7 Å². The number of para-hydroxylation sites is 1. The minimum absolute atomic E-state index is 0.301. The first-order valence-corrected chi connectivity index (χ1v) is 11.5. The molecule has 2 aromatic rings. The van der Waals surface area contributed by atoms with Crippen molar-refractivity contribution in [1.82, 2.24) is 4.98 Å². The van der Waals surface area contributed by atoms with Gasteiger partial charge in [0.1, 0.15) is 5.75 Å². The van der Waals surface area contributed by atoms with Crippen molar-refractivity contribution in [3.05, 3.63) is 36.0 Å². The van der Waals surface area contributed by atoms with E-state index in [0.717, 1.165) is 29.6 Å². The molecule has 0 radical (unpaired) electrons. The van der Waals surface area contributed by atoms with Crippen LogP contribution >= 0.6 is 0 Å². The van der Waals surface area contributed by atoms with Gasteiger partial charge in [-0.15, -0.1) is 0 Å². The molecular formula is C25H41N2O+. The smallest absolute Gasteiger partial charge is 0.138 e. The van der Waals surface area contributed by atoms with Gasteiger partial charge in [-0.25, -0.2) is 4.98 Å². The van der Waals surface area contributed by atoms with Gasteiger partial charge in [0.25, 0.3) is 0 Å². The molecule has 1 unspecified atom stereocenters. The molecule has 1 atom stereocenters. The number of nitrogens with zero attached hydrogens (tertiary/aromatic N) is 2. The predicted octanol–water partition coefficient (Wildman–Crippen LogP) is 6.65. The monoisotopic (exact) mass is 385 g/mol. The Labute approximate surface area is 172 Å². The Morgan fingerprint density at radius 1 is 0.893 bits per heavy atom. The average Bonchev–Trinajstić information content (AvgIpc) is 2.72. The minimum Gasteiger partial charge on any atom is -0.506 e. The Morgan fingerprint density at radius 3 is 2.00 bits per heavy atom. The first kappa shape index (κ1) is 22.7. The second-order valence-electron chi connectivity index (χ2n) is 8.45. The van der Waals surface area contributed by atoms with E-state index in [-0.39, 0.29) is 0 Å². The normalized spacial score (nSPS) is 13.1. The minimum atomic E-state index is 0.301. The highest BCUT2D eigenvalue weighted by atomic mass is 16.3. The van der Waals surface area contributed by atoms with Crippen molar-refractivity contribution in [3.63, 3.8) is 0 Å². The summed E-state index contributed by atoms with van der Waals surface area (Å²) in [6.45, 7) is 14.0. The fourth-order valence-corrected chi connectivity index (χ4v) is 4.39. The molecule has 0 bridgehead atoms. The molecule has 3 nitrogen and oxygen atoms in total. The molecule has 1 heterocycles. The highest BCUT2D eigenvalue weighted by Gasteiger charge is 2.31. The number of benzene rings is 1. The quantitative estimate of drug-likeness (QED) is 0.391. The molecule has 0 aliphatic rings. The number of hydrogen-bond donors (Lipinski definition) is 1. The fraction of sp³-hybridized carbons (Fsp3) is 0.640. The number of aromatic hydroxyl groups is 1. The van der Waals surface area contributed by atoms with E-state index in [4.69, 9.17) is 4.98 Å². The molecule has 156 valence electrons. The molecule has 3 heteroatoms. The van der Waals surface area contributed by atoms with Gasteiger partial charge in [0.15, 0.2) is 0 Å². The fourth-order valence-electron chi connectivity index (χ4n) is 4.39. The van der Waals surface area contributed by atoms with Crippen LogP contribution < -0.4 is 0 Å². The molecule has 0 aliphatic carbocycles. The third kappa shape index (κ3) is 5.94. The largest absolute Gasteiger partial charge is 0.506 e. The van der Waals surface area contributed by atoms with Gasteiger partial charge in [-0.2, -0.15) is 0 Å². The lowest BCUT2D eigenvalue weighted by molar-refractivity contribution is -0.930. The summed E-state index contributed by atoms with van der Waals surface area (Å²) < 4.78 is 1.18. The predicted molar refractivity (Wildman–Crippen MR) is 121 cm³/mol. The molecule has 0 saturated carbocycles. The molecule has 0 fully saturated rings. The van der Waals surface area contributed by atoms with Crippen LogP contribution in [-0.4, -0.2) is 40.8 Å². The number of rotatable bonds is 13. The third-order valence-electron chi connectivity index (χ3n) is 6.18. The molecule has 2 rings (SSSR count). The van der Waals surface area contributed by atoms with E-state index in [1.807, 2.05) is 24.3 Å². The summed E-state index contributed by atoms with van der Waals surface area (Å²) in [5.74, 6) is 0.667. The van der Waals surface area contributed by atoms with Crippen LogP contribution in [0.25, 0.3) is 10.9 Å². The highest BCUT2D eigenvalue weighted by Crippen LogP contribution is 2.32. The number of aromatic nitrogens is 1. The zero-order chi connectivity index (χ0) is 20.4. The Hall–Kier alpha value is -1.61. The number of pyridine rings is 1. The standard InChI is InChI=1S/C25H40N2O/c1-5-9-16-27(17-10-6-2,18-11-7-3)20-21(8-4)25-24(28)19-22-14-12-13-15-23(22)26-25/h12-15,19,21H,5-11,16-18,20H2,1-4H3/p+1. The number of unbranched alkanes of at least 4 members (excludes halogenated alkanes) is 3. The second-order valence-corrected chi connectivity index (χ2v) is 8.45. The lowest BCUT2D eigenvalue weighted by atomic mass is 9.96. The van der Waals surface area contributed by atoms with Crippen molar-refractivity contribution in [2.45, 2.75) is 78.6 Å². The molecule has 1 aromatic heterocycles. The van der Waals surface area contributed by atoms with Crippen LogP contribution in [0.2, 0.25) is 0 Å². The third-order valence-corrected chi connectivity index (χ3v) is 6.18. The molecule has 0 amide bonds. The molecule has 0 saturated heterocycles.